The zero-order chi connectivity index (χ0) is 13.8. The summed E-state index contributed by atoms with van der Waals surface area (Å²) in [6.45, 7) is 1.46. The molecular formula is C15H18N4O. The lowest BCUT2D eigenvalue weighted by Gasteiger charge is -2.10. The lowest BCUT2D eigenvalue weighted by atomic mass is 9.97. The maximum atomic E-state index is 12.0. The quantitative estimate of drug-likeness (QED) is 0.774. The fourth-order valence-electron chi connectivity index (χ4n) is 2.59. The van der Waals surface area contributed by atoms with Crippen LogP contribution in [0.1, 0.15) is 23.7 Å². The van der Waals surface area contributed by atoms with Gasteiger partial charge in [-0.1, -0.05) is 18.2 Å². The highest BCUT2D eigenvalue weighted by atomic mass is 16.1. The molecule has 0 radical (unpaired) electrons. The Morgan fingerprint density at radius 3 is 3.15 bits per heavy atom. The molecule has 0 aliphatic carbocycles. The third-order valence-corrected chi connectivity index (χ3v) is 3.61. The number of hydrogen-bond acceptors (Lipinski definition) is 3. The summed E-state index contributed by atoms with van der Waals surface area (Å²) in [7, 11) is 0. The van der Waals surface area contributed by atoms with Crippen LogP contribution in [0.25, 0.3) is 0 Å². The zero-order valence-electron chi connectivity index (χ0n) is 11.2. The second-order valence-corrected chi connectivity index (χ2v) is 5.01. The highest BCUT2D eigenvalue weighted by molar-refractivity contribution is 5.78. The fraction of sp³-hybridized carbons (Fsp3) is 0.333. The van der Waals surface area contributed by atoms with E-state index in [1.54, 1.807) is 12.4 Å². The largest absolute Gasteiger partial charge is 0.384 e. The lowest BCUT2D eigenvalue weighted by molar-refractivity contribution is -0.121. The number of carbonyl (C=O) groups is 1. The van der Waals surface area contributed by atoms with E-state index in [0.717, 1.165) is 24.5 Å². The Labute approximate surface area is 117 Å². The number of carbonyl (C=O) groups excluding carboxylic acids is 1. The molecule has 104 valence electrons. The number of fused-ring (bicyclic) bond motifs is 1. The predicted molar refractivity (Wildman–Crippen MR) is 77.6 cm³/mol. The van der Waals surface area contributed by atoms with Crippen LogP contribution in [0, 0.1) is 0 Å². The van der Waals surface area contributed by atoms with Crippen molar-refractivity contribution < 1.29 is 4.79 Å². The van der Waals surface area contributed by atoms with Crippen LogP contribution >= 0.6 is 0 Å². The Morgan fingerprint density at radius 2 is 2.30 bits per heavy atom. The Hall–Kier alpha value is -2.30. The molecule has 0 spiro atoms. The molecule has 1 unspecified atom stereocenters. The smallest absolute Gasteiger partial charge is 0.220 e. The summed E-state index contributed by atoms with van der Waals surface area (Å²) in [5, 5.41) is 6.29. The molecular weight excluding hydrogens is 252 g/mol. The van der Waals surface area contributed by atoms with Gasteiger partial charge < -0.3 is 15.6 Å². The second-order valence-electron chi connectivity index (χ2n) is 5.01. The molecule has 0 saturated carbocycles. The van der Waals surface area contributed by atoms with Crippen LogP contribution in [-0.4, -0.2) is 29.0 Å². The number of hydrogen-bond donors (Lipinski definition) is 3. The van der Waals surface area contributed by atoms with Gasteiger partial charge >= 0.3 is 0 Å². The minimum absolute atomic E-state index is 0.0973. The predicted octanol–water partition coefficient (Wildman–Crippen LogP) is 1.67. The number of anilines is 1. The molecule has 0 fully saturated rings. The Balaban J connectivity index is 1.48. The molecule has 0 bridgehead atoms. The number of amides is 1. The van der Waals surface area contributed by atoms with E-state index in [9.17, 15) is 4.79 Å². The van der Waals surface area contributed by atoms with Gasteiger partial charge in [0, 0.05) is 49.9 Å². The van der Waals surface area contributed by atoms with Gasteiger partial charge in [0.2, 0.25) is 5.91 Å². The lowest BCUT2D eigenvalue weighted by Crippen LogP contribution is -2.27. The van der Waals surface area contributed by atoms with Gasteiger partial charge in [-0.25, -0.2) is 4.98 Å². The number of benzene rings is 1. The van der Waals surface area contributed by atoms with Crippen molar-refractivity contribution in [1.29, 1.82) is 0 Å². The molecule has 1 aliphatic rings. The van der Waals surface area contributed by atoms with Gasteiger partial charge in [-0.2, -0.15) is 0 Å². The Bertz CT molecular complexity index is 579. The summed E-state index contributed by atoms with van der Waals surface area (Å²) >= 11 is 0. The zero-order valence-corrected chi connectivity index (χ0v) is 11.2. The summed E-state index contributed by atoms with van der Waals surface area (Å²) < 4.78 is 0. The third kappa shape index (κ3) is 2.82. The molecule has 2 aromatic rings. The highest BCUT2D eigenvalue weighted by Crippen LogP contribution is 2.32. The van der Waals surface area contributed by atoms with Gasteiger partial charge in [0.15, 0.2) is 0 Å². The van der Waals surface area contributed by atoms with Crippen molar-refractivity contribution in [2.75, 3.05) is 18.4 Å². The van der Waals surface area contributed by atoms with E-state index in [0.29, 0.717) is 13.0 Å². The average Bonchev–Trinajstić information content (AvgIpc) is 3.09. The van der Waals surface area contributed by atoms with Gasteiger partial charge in [0.05, 0.1) is 0 Å². The molecule has 20 heavy (non-hydrogen) atoms. The van der Waals surface area contributed by atoms with Gasteiger partial charge in [0.25, 0.3) is 0 Å². The molecule has 1 aromatic carbocycles. The van der Waals surface area contributed by atoms with E-state index in [2.05, 4.69) is 32.7 Å². The summed E-state index contributed by atoms with van der Waals surface area (Å²) in [5.41, 5.74) is 2.40. The summed E-state index contributed by atoms with van der Waals surface area (Å²) in [5.74, 6) is 1.27. The number of H-pyrrole nitrogens is 1. The number of imidazole rings is 1. The van der Waals surface area contributed by atoms with Crippen LogP contribution in [0.2, 0.25) is 0 Å². The van der Waals surface area contributed by atoms with Crippen LogP contribution in [0.3, 0.4) is 0 Å². The maximum absolute atomic E-state index is 12.0. The van der Waals surface area contributed by atoms with E-state index in [4.69, 9.17) is 0 Å². The molecule has 5 nitrogen and oxygen atoms in total. The van der Waals surface area contributed by atoms with E-state index in [1.165, 1.54) is 5.56 Å². The molecule has 3 rings (SSSR count). The first-order valence-electron chi connectivity index (χ1n) is 6.90. The first-order valence-corrected chi connectivity index (χ1v) is 6.90. The first-order chi connectivity index (χ1) is 9.83. The van der Waals surface area contributed by atoms with Crippen LogP contribution < -0.4 is 10.6 Å². The van der Waals surface area contributed by atoms with Crippen molar-refractivity contribution in [2.45, 2.75) is 18.8 Å². The summed E-state index contributed by atoms with van der Waals surface area (Å²) in [4.78, 5) is 19.1. The molecule has 1 aliphatic heterocycles. The van der Waals surface area contributed by atoms with Gasteiger partial charge in [-0.15, -0.1) is 0 Å². The molecule has 1 aromatic heterocycles. The highest BCUT2D eigenvalue weighted by Gasteiger charge is 2.23. The SMILES string of the molecule is O=C(CC1CNc2ccccc21)NCCc1ncc[nH]1. The van der Waals surface area contributed by atoms with Crippen molar-refractivity contribution >= 4 is 11.6 Å². The average molecular weight is 270 g/mol. The van der Waals surface area contributed by atoms with Crippen molar-refractivity contribution in [3.05, 3.63) is 48.0 Å². The van der Waals surface area contributed by atoms with Gasteiger partial charge in [-0.05, 0) is 11.6 Å². The fourth-order valence-corrected chi connectivity index (χ4v) is 2.59. The van der Waals surface area contributed by atoms with Crippen LogP contribution in [0.15, 0.2) is 36.7 Å². The van der Waals surface area contributed by atoms with Crippen molar-refractivity contribution in [3.63, 3.8) is 0 Å². The summed E-state index contributed by atoms with van der Waals surface area (Å²) in [6, 6.07) is 8.19. The molecule has 5 heteroatoms. The number of aromatic amines is 1. The Kier molecular flexibility index (Phi) is 3.67. The minimum atomic E-state index is 0.0973. The first kappa shape index (κ1) is 12.7. The molecule has 0 saturated heterocycles. The maximum Gasteiger partial charge on any atom is 0.220 e. The van der Waals surface area contributed by atoms with Gasteiger partial charge in [0.1, 0.15) is 5.82 Å². The standard InChI is InChI=1S/C15H18N4O/c20-15(18-6-5-14-16-7-8-17-14)9-11-10-19-13-4-2-1-3-12(11)13/h1-4,7-8,11,19H,5-6,9-10H2,(H,16,17)(H,18,20). The number of nitrogens with one attached hydrogen (secondary N) is 3. The van der Waals surface area contributed by atoms with E-state index in [-0.39, 0.29) is 11.8 Å². The monoisotopic (exact) mass is 270 g/mol. The normalized spacial score (nSPS) is 16.5. The molecule has 3 N–H and O–H groups in total. The van der Waals surface area contributed by atoms with E-state index < -0.39 is 0 Å². The van der Waals surface area contributed by atoms with Crippen molar-refractivity contribution in [3.8, 4) is 0 Å². The second kappa shape index (κ2) is 5.77. The van der Waals surface area contributed by atoms with Crippen LogP contribution in [0.5, 0.6) is 0 Å². The van der Waals surface area contributed by atoms with Crippen LogP contribution in [-0.2, 0) is 11.2 Å². The number of aromatic nitrogens is 2. The topological polar surface area (TPSA) is 69.8 Å². The summed E-state index contributed by atoms with van der Waals surface area (Å²) in [6.07, 6.45) is 4.77. The molecule has 1 atom stereocenters. The number of rotatable bonds is 5. The van der Waals surface area contributed by atoms with Crippen molar-refractivity contribution in [2.24, 2.45) is 0 Å². The van der Waals surface area contributed by atoms with E-state index >= 15 is 0 Å². The van der Waals surface area contributed by atoms with Crippen molar-refractivity contribution in [1.82, 2.24) is 15.3 Å². The third-order valence-electron chi connectivity index (χ3n) is 3.61. The minimum Gasteiger partial charge on any atom is -0.384 e. The van der Waals surface area contributed by atoms with Gasteiger partial charge in [-0.3, -0.25) is 4.79 Å². The van der Waals surface area contributed by atoms with E-state index in [1.807, 2.05) is 12.1 Å². The van der Waals surface area contributed by atoms with Crippen LogP contribution in [0.4, 0.5) is 5.69 Å². The molecule has 1 amide bonds. The number of nitrogens with zero attached hydrogens (tertiary/aromatic N) is 1. The molecule has 2 heterocycles. The Morgan fingerprint density at radius 1 is 1.40 bits per heavy atom. The number of para-hydroxylation sites is 1.